The zero-order valence-electron chi connectivity index (χ0n) is 42.7. The molecule has 368 valence electrons. The lowest BCUT2D eigenvalue weighted by Crippen LogP contribution is -2.30. The average Bonchev–Trinajstić information content (AvgIpc) is 3.23. The van der Waals surface area contributed by atoms with Crippen molar-refractivity contribution in [1.82, 2.24) is 0 Å². The Balaban J connectivity index is 4.28. The van der Waals surface area contributed by atoms with Crippen LogP contribution in [0.4, 0.5) is 0 Å². The molecular formula is C56H108O6. The second-order valence-electron chi connectivity index (χ2n) is 20.6. The van der Waals surface area contributed by atoms with E-state index in [1.54, 1.807) is 0 Å². The van der Waals surface area contributed by atoms with Crippen molar-refractivity contribution in [2.45, 2.75) is 311 Å². The second kappa shape index (κ2) is 47.4. The van der Waals surface area contributed by atoms with E-state index in [-0.39, 0.29) is 31.1 Å². The van der Waals surface area contributed by atoms with E-state index in [9.17, 15) is 14.4 Å². The molecule has 62 heavy (non-hydrogen) atoms. The molecule has 6 heteroatoms. The van der Waals surface area contributed by atoms with Crippen molar-refractivity contribution in [3.63, 3.8) is 0 Å². The van der Waals surface area contributed by atoms with E-state index in [4.69, 9.17) is 14.2 Å². The van der Waals surface area contributed by atoms with Crippen LogP contribution in [0.3, 0.4) is 0 Å². The first kappa shape index (κ1) is 60.4. The molecule has 0 aromatic rings. The number of hydrogen-bond donors (Lipinski definition) is 0. The molecule has 0 saturated carbocycles. The zero-order chi connectivity index (χ0) is 45.6. The van der Waals surface area contributed by atoms with Crippen molar-refractivity contribution in [2.75, 3.05) is 13.2 Å². The molecule has 0 unspecified atom stereocenters. The van der Waals surface area contributed by atoms with E-state index < -0.39 is 6.10 Å². The smallest absolute Gasteiger partial charge is 0.306 e. The average molecular weight is 877 g/mol. The first-order valence-electron chi connectivity index (χ1n) is 27.6. The van der Waals surface area contributed by atoms with Gasteiger partial charge in [0.2, 0.25) is 0 Å². The summed E-state index contributed by atoms with van der Waals surface area (Å²) < 4.78 is 16.8. The largest absolute Gasteiger partial charge is 0.462 e. The predicted molar refractivity (Wildman–Crippen MR) is 266 cm³/mol. The van der Waals surface area contributed by atoms with Gasteiger partial charge in [-0.1, -0.05) is 266 Å². The van der Waals surface area contributed by atoms with Crippen molar-refractivity contribution < 1.29 is 28.6 Å². The van der Waals surface area contributed by atoms with Crippen molar-refractivity contribution in [3.05, 3.63) is 0 Å². The zero-order valence-corrected chi connectivity index (χ0v) is 42.7. The highest BCUT2D eigenvalue weighted by atomic mass is 16.6. The molecule has 0 aliphatic rings. The van der Waals surface area contributed by atoms with Crippen molar-refractivity contribution in [2.24, 2.45) is 17.8 Å². The van der Waals surface area contributed by atoms with Gasteiger partial charge < -0.3 is 14.2 Å². The summed E-state index contributed by atoms with van der Waals surface area (Å²) in [6, 6.07) is 0. The summed E-state index contributed by atoms with van der Waals surface area (Å²) in [5.41, 5.74) is 0. The van der Waals surface area contributed by atoms with Gasteiger partial charge in [0.1, 0.15) is 13.2 Å². The molecular weight excluding hydrogens is 769 g/mol. The molecule has 0 aliphatic heterocycles. The molecule has 6 nitrogen and oxygen atoms in total. The van der Waals surface area contributed by atoms with Crippen LogP contribution in [0.15, 0.2) is 0 Å². The van der Waals surface area contributed by atoms with Gasteiger partial charge in [-0.2, -0.15) is 0 Å². The Hall–Kier alpha value is -1.59. The Labute approximate surface area is 387 Å². The minimum absolute atomic E-state index is 0.0642. The fraction of sp³-hybridized carbons (Fsp3) is 0.946. The summed E-state index contributed by atoms with van der Waals surface area (Å²) >= 11 is 0. The molecule has 0 aromatic carbocycles. The molecule has 0 amide bonds. The molecule has 1 atom stereocenters. The van der Waals surface area contributed by atoms with E-state index >= 15 is 0 Å². The molecule has 0 rings (SSSR count). The Kier molecular flexibility index (Phi) is 46.2. The van der Waals surface area contributed by atoms with E-state index in [0.717, 1.165) is 75.5 Å². The normalized spacial score (nSPS) is 12.1. The fourth-order valence-corrected chi connectivity index (χ4v) is 8.47. The molecule has 0 radical (unpaired) electrons. The summed E-state index contributed by atoms with van der Waals surface area (Å²) in [5.74, 6) is 1.63. The van der Waals surface area contributed by atoms with Gasteiger partial charge in [-0.15, -0.1) is 0 Å². The maximum atomic E-state index is 12.8. The number of carbonyl (C=O) groups excluding carboxylic acids is 3. The number of rotatable bonds is 49. The third kappa shape index (κ3) is 49.4. The van der Waals surface area contributed by atoms with Gasteiger partial charge in [0.15, 0.2) is 6.10 Å². The van der Waals surface area contributed by atoms with Gasteiger partial charge >= 0.3 is 17.9 Å². The van der Waals surface area contributed by atoms with Crippen LogP contribution in [0.1, 0.15) is 305 Å². The summed E-state index contributed by atoms with van der Waals surface area (Å²) in [7, 11) is 0. The number of hydrogen-bond acceptors (Lipinski definition) is 6. The molecule has 0 aromatic heterocycles. The number of esters is 3. The van der Waals surface area contributed by atoms with Gasteiger partial charge in [-0.05, 0) is 37.0 Å². The van der Waals surface area contributed by atoms with Crippen LogP contribution in [0.2, 0.25) is 0 Å². The van der Waals surface area contributed by atoms with Gasteiger partial charge in [0.05, 0.1) is 0 Å². The third-order valence-electron chi connectivity index (χ3n) is 12.6. The fourth-order valence-electron chi connectivity index (χ4n) is 8.47. The van der Waals surface area contributed by atoms with Crippen LogP contribution in [-0.2, 0) is 28.6 Å². The molecule has 0 heterocycles. The Morgan fingerprint density at radius 2 is 0.468 bits per heavy atom. The lowest BCUT2D eigenvalue weighted by Gasteiger charge is -2.18. The van der Waals surface area contributed by atoms with Gasteiger partial charge in [-0.25, -0.2) is 0 Å². The highest BCUT2D eigenvalue weighted by molar-refractivity contribution is 5.71. The van der Waals surface area contributed by atoms with Gasteiger partial charge in [-0.3, -0.25) is 14.4 Å². The molecule has 0 bridgehead atoms. The van der Waals surface area contributed by atoms with E-state index in [2.05, 4.69) is 41.5 Å². The number of carbonyl (C=O) groups is 3. The summed E-state index contributed by atoms with van der Waals surface area (Å²) in [4.78, 5) is 38.0. The van der Waals surface area contributed by atoms with E-state index in [1.165, 1.54) is 186 Å². The van der Waals surface area contributed by atoms with Crippen LogP contribution in [0.25, 0.3) is 0 Å². The first-order chi connectivity index (χ1) is 30.1. The lowest BCUT2D eigenvalue weighted by atomic mass is 10.0. The van der Waals surface area contributed by atoms with Gasteiger partial charge in [0, 0.05) is 19.3 Å². The van der Waals surface area contributed by atoms with Crippen LogP contribution < -0.4 is 0 Å². The lowest BCUT2D eigenvalue weighted by molar-refractivity contribution is -0.167. The number of ether oxygens (including phenoxy) is 3. The Morgan fingerprint density at radius 1 is 0.274 bits per heavy atom. The molecule has 0 aliphatic carbocycles. The summed E-state index contributed by atoms with van der Waals surface area (Å²) in [6.45, 7) is 13.7. The topological polar surface area (TPSA) is 78.9 Å². The maximum Gasteiger partial charge on any atom is 0.306 e. The predicted octanol–water partition coefficient (Wildman–Crippen LogP) is 17.9. The van der Waals surface area contributed by atoms with Crippen molar-refractivity contribution in [3.8, 4) is 0 Å². The van der Waals surface area contributed by atoms with Crippen LogP contribution in [0.5, 0.6) is 0 Å². The highest BCUT2D eigenvalue weighted by Gasteiger charge is 2.19. The Bertz CT molecular complexity index is 960. The third-order valence-corrected chi connectivity index (χ3v) is 12.6. The van der Waals surface area contributed by atoms with E-state index in [0.29, 0.717) is 19.3 Å². The first-order valence-corrected chi connectivity index (χ1v) is 27.6. The van der Waals surface area contributed by atoms with Crippen molar-refractivity contribution in [1.29, 1.82) is 0 Å². The van der Waals surface area contributed by atoms with Gasteiger partial charge in [0.25, 0.3) is 0 Å². The monoisotopic (exact) mass is 877 g/mol. The van der Waals surface area contributed by atoms with Crippen molar-refractivity contribution >= 4 is 17.9 Å². The minimum Gasteiger partial charge on any atom is -0.462 e. The van der Waals surface area contributed by atoms with Crippen LogP contribution in [-0.4, -0.2) is 37.2 Å². The van der Waals surface area contributed by atoms with Crippen LogP contribution in [0, 0.1) is 17.8 Å². The minimum atomic E-state index is -0.763. The molecule has 0 saturated heterocycles. The quantitative estimate of drug-likeness (QED) is 0.0344. The Morgan fingerprint density at radius 3 is 0.694 bits per heavy atom. The molecule has 0 fully saturated rings. The highest BCUT2D eigenvalue weighted by Crippen LogP contribution is 2.18. The number of unbranched alkanes of at least 4 members (excludes halogenated alkanes) is 32. The van der Waals surface area contributed by atoms with E-state index in [1.807, 2.05) is 0 Å². The SMILES string of the molecule is CC(C)CCCCCCCCCCCCCCCCC(=O)OC[C@H](COC(=O)CCCCCCCCCCC(C)C)OC(=O)CCCCCCCCCCCCCCCC(C)C. The second-order valence-corrected chi connectivity index (χ2v) is 20.6. The summed E-state index contributed by atoms with van der Waals surface area (Å²) in [6.07, 6.45) is 48.1. The van der Waals surface area contributed by atoms with Crippen LogP contribution >= 0.6 is 0 Å². The standard InChI is InChI=1S/C56H108O6/c1-50(2)42-36-30-24-18-14-10-7-8-12-16-20-27-33-39-45-54(57)60-48-53(49-61-55(58)46-40-34-28-23-22-26-32-38-44-52(5)6)62-56(59)47-41-35-29-21-17-13-9-11-15-19-25-31-37-43-51(3)4/h50-53H,7-49H2,1-6H3/t53-/m1/s1. The molecule has 0 spiro atoms. The summed E-state index contributed by atoms with van der Waals surface area (Å²) in [5, 5.41) is 0. The maximum absolute atomic E-state index is 12.8. The molecule has 0 N–H and O–H groups in total.